The average molecular weight is 292 g/mol. The third kappa shape index (κ3) is 2.32. The second-order valence-corrected chi connectivity index (χ2v) is 5.22. The highest BCUT2D eigenvalue weighted by Crippen LogP contribution is 2.33. The minimum absolute atomic E-state index is 0.199. The van der Waals surface area contributed by atoms with Gasteiger partial charge in [0.15, 0.2) is 0 Å². The summed E-state index contributed by atoms with van der Waals surface area (Å²) in [6, 6.07) is 9.91. The van der Waals surface area contributed by atoms with Crippen molar-refractivity contribution in [1.82, 2.24) is 4.57 Å². The van der Waals surface area contributed by atoms with Crippen molar-refractivity contribution in [2.24, 2.45) is 0 Å². The molecule has 0 saturated carbocycles. The molecule has 4 nitrogen and oxygen atoms in total. The number of aromatic nitrogens is 1. The van der Waals surface area contributed by atoms with E-state index in [1.54, 1.807) is 12.3 Å². The van der Waals surface area contributed by atoms with Crippen molar-refractivity contribution in [3.8, 4) is 5.75 Å². The van der Waals surface area contributed by atoms with Gasteiger partial charge in [-0.05, 0) is 12.1 Å². The summed E-state index contributed by atoms with van der Waals surface area (Å²) in [5, 5.41) is 10.8. The van der Waals surface area contributed by atoms with E-state index in [4.69, 9.17) is 16.3 Å². The Bertz CT molecular complexity index is 683. The van der Waals surface area contributed by atoms with Gasteiger partial charge in [0.1, 0.15) is 5.75 Å². The van der Waals surface area contributed by atoms with Gasteiger partial charge in [0.25, 0.3) is 5.56 Å². The third-order valence-corrected chi connectivity index (χ3v) is 3.70. The molecule has 104 valence electrons. The molecule has 1 N–H and O–H groups in total. The van der Waals surface area contributed by atoms with Gasteiger partial charge in [0.05, 0.1) is 23.8 Å². The zero-order valence-corrected chi connectivity index (χ0v) is 11.5. The number of hydrogen-bond acceptors (Lipinski definition) is 3. The van der Waals surface area contributed by atoms with Crippen LogP contribution >= 0.6 is 11.6 Å². The Labute approximate surface area is 121 Å². The largest absolute Gasteiger partial charge is 0.493 e. The lowest BCUT2D eigenvalue weighted by Gasteiger charge is -2.23. The summed E-state index contributed by atoms with van der Waals surface area (Å²) in [6.45, 7) is 0.421. The van der Waals surface area contributed by atoms with Crippen molar-refractivity contribution in [2.45, 2.75) is 18.6 Å². The SMILES string of the molecule is O=c1ccc(Cl)cn1C1c2ccccc2OCCC1O. The Morgan fingerprint density at radius 1 is 1.25 bits per heavy atom. The standard InChI is InChI=1S/C15H14ClNO3/c16-10-5-6-14(19)17(9-10)15-11-3-1-2-4-13(11)20-8-7-12(15)18/h1-6,9,12,15,18H,7-8H2. The quantitative estimate of drug-likeness (QED) is 0.876. The Hall–Kier alpha value is -1.78. The molecule has 0 spiro atoms. The first-order valence-corrected chi connectivity index (χ1v) is 6.82. The highest BCUT2D eigenvalue weighted by Gasteiger charge is 2.29. The van der Waals surface area contributed by atoms with Crippen LogP contribution in [0.25, 0.3) is 0 Å². The molecular weight excluding hydrogens is 278 g/mol. The van der Waals surface area contributed by atoms with Crippen molar-refractivity contribution in [1.29, 1.82) is 0 Å². The van der Waals surface area contributed by atoms with E-state index in [0.717, 1.165) is 5.56 Å². The highest BCUT2D eigenvalue weighted by atomic mass is 35.5. The zero-order valence-electron chi connectivity index (χ0n) is 10.7. The van der Waals surface area contributed by atoms with Crippen molar-refractivity contribution in [3.05, 3.63) is 63.5 Å². The summed E-state index contributed by atoms with van der Waals surface area (Å²) in [7, 11) is 0. The fourth-order valence-electron chi connectivity index (χ4n) is 2.54. The van der Waals surface area contributed by atoms with Gasteiger partial charge in [0, 0.05) is 24.2 Å². The monoisotopic (exact) mass is 291 g/mol. The van der Waals surface area contributed by atoms with Crippen molar-refractivity contribution in [3.63, 3.8) is 0 Å². The second kappa shape index (κ2) is 5.31. The number of aliphatic hydroxyl groups excluding tert-OH is 1. The van der Waals surface area contributed by atoms with Crippen LogP contribution in [0, 0.1) is 0 Å². The fourth-order valence-corrected chi connectivity index (χ4v) is 2.71. The lowest BCUT2D eigenvalue weighted by Crippen LogP contribution is -2.32. The van der Waals surface area contributed by atoms with Gasteiger partial charge in [0.2, 0.25) is 0 Å². The van der Waals surface area contributed by atoms with Crippen molar-refractivity contribution >= 4 is 11.6 Å². The first-order valence-electron chi connectivity index (χ1n) is 6.44. The van der Waals surface area contributed by atoms with Crippen LogP contribution in [0.5, 0.6) is 5.75 Å². The van der Waals surface area contributed by atoms with E-state index >= 15 is 0 Å². The number of rotatable bonds is 1. The molecule has 1 aromatic heterocycles. The van der Waals surface area contributed by atoms with Crippen LogP contribution in [0.3, 0.4) is 0 Å². The Morgan fingerprint density at radius 2 is 2.05 bits per heavy atom. The second-order valence-electron chi connectivity index (χ2n) is 4.78. The van der Waals surface area contributed by atoms with Crippen LogP contribution in [0.2, 0.25) is 5.02 Å². The van der Waals surface area contributed by atoms with Gasteiger partial charge in [-0.25, -0.2) is 0 Å². The molecule has 2 aromatic rings. The third-order valence-electron chi connectivity index (χ3n) is 3.48. The lowest BCUT2D eigenvalue weighted by molar-refractivity contribution is 0.112. The average Bonchev–Trinajstić information content (AvgIpc) is 2.60. The number of fused-ring (bicyclic) bond motifs is 1. The van der Waals surface area contributed by atoms with E-state index in [2.05, 4.69) is 0 Å². The molecule has 1 aromatic carbocycles. The number of aliphatic hydroxyl groups is 1. The Morgan fingerprint density at radius 3 is 2.90 bits per heavy atom. The highest BCUT2D eigenvalue weighted by molar-refractivity contribution is 6.30. The summed E-state index contributed by atoms with van der Waals surface area (Å²) in [6.07, 6.45) is 1.31. The summed E-state index contributed by atoms with van der Waals surface area (Å²) in [5.41, 5.74) is 0.594. The molecular formula is C15H14ClNO3. The van der Waals surface area contributed by atoms with Gasteiger partial charge in [-0.3, -0.25) is 4.79 Å². The van der Waals surface area contributed by atoms with E-state index in [0.29, 0.717) is 23.8 Å². The maximum Gasteiger partial charge on any atom is 0.251 e. The normalized spacial score (nSPS) is 21.7. The first kappa shape index (κ1) is 13.2. The lowest BCUT2D eigenvalue weighted by atomic mass is 9.99. The summed E-state index contributed by atoms with van der Waals surface area (Å²) in [4.78, 5) is 12.1. The number of nitrogens with zero attached hydrogens (tertiary/aromatic N) is 1. The molecule has 0 aliphatic carbocycles. The number of benzene rings is 1. The molecule has 0 saturated heterocycles. The zero-order chi connectivity index (χ0) is 14.1. The van der Waals surface area contributed by atoms with Gasteiger partial charge in [-0.2, -0.15) is 0 Å². The van der Waals surface area contributed by atoms with E-state index in [1.807, 2.05) is 24.3 Å². The fraction of sp³-hybridized carbons (Fsp3) is 0.267. The maximum absolute atomic E-state index is 12.1. The number of hydrogen-bond donors (Lipinski definition) is 1. The number of halogens is 1. The molecule has 0 fully saturated rings. The molecule has 2 heterocycles. The van der Waals surface area contributed by atoms with Crippen LogP contribution in [-0.2, 0) is 0 Å². The minimum atomic E-state index is -0.699. The smallest absolute Gasteiger partial charge is 0.251 e. The summed E-state index contributed by atoms with van der Waals surface area (Å²) < 4.78 is 7.11. The van der Waals surface area contributed by atoms with Crippen LogP contribution < -0.4 is 10.3 Å². The molecule has 20 heavy (non-hydrogen) atoms. The van der Waals surface area contributed by atoms with Gasteiger partial charge in [-0.1, -0.05) is 29.8 Å². The van der Waals surface area contributed by atoms with Gasteiger partial charge < -0.3 is 14.4 Å². The molecule has 0 amide bonds. The number of pyridine rings is 1. The summed E-state index contributed by atoms with van der Waals surface area (Å²) in [5.74, 6) is 0.695. The van der Waals surface area contributed by atoms with E-state index in [1.165, 1.54) is 10.6 Å². The minimum Gasteiger partial charge on any atom is -0.493 e. The molecule has 5 heteroatoms. The van der Waals surface area contributed by atoms with Crippen LogP contribution in [0.15, 0.2) is 47.4 Å². The van der Waals surface area contributed by atoms with E-state index in [9.17, 15) is 9.90 Å². The predicted molar refractivity (Wildman–Crippen MR) is 76.4 cm³/mol. The van der Waals surface area contributed by atoms with E-state index in [-0.39, 0.29) is 5.56 Å². The number of para-hydroxylation sites is 1. The molecule has 1 aliphatic heterocycles. The topological polar surface area (TPSA) is 51.5 Å². The van der Waals surface area contributed by atoms with Crippen LogP contribution in [0.4, 0.5) is 0 Å². The van der Waals surface area contributed by atoms with Crippen LogP contribution in [0.1, 0.15) is 18.0 Å². The molecule has 0 bridgehead atoms. The Balaban J connectivity index is 2.19. The molecule has 0 radical (unpaired) electrons. The van der Waals surface area contributed by atoms with Crippen molar-refractivity contribution < 1.29 is 9.84 Å². The van der Waals surface area contributed by atoms with E-state index < -0.39 is 12.1 Å². The molecule has 1 aliphatic rings. The maximum atomic E-state index is 12.1. The molecule has 2 atom stereocenters. The molecule has 2 unspecified atom stereocenters. The van der Waals surface area contributed by atoms with Crippen LogP contribution in [-0.4, -0.2) is 22.4 Å². The summed E-state index contributed by atoms with van der Waals surface area (Å²) >= 11 is 5.98. The number of ether oxygens (including phenoxy) is 1. The Kier molecular flexibility index (Phi) is 3.51. The van der Waals surface area contributed by atoms with Crippen molar-refractivity contribution in [2.75, 3.05) is 6.61 Å². The van der Waals surface area contributed by atoms with Gasteiger partial charge in [-0.15, -0.1) is 0 Å². The van der Waals surface area contributed by atoms with Gasteiger partial charge >= 0.3 is 0 Å². The first-order chi connectivity index (χ1) is 9.66. The predicted octanol–water partition coefficient (Wildman–Crippen LogP) is 2.23. The molecule has 3 rings (SSSR count).